The van der Waals surface area contributed by atoms with Crippen LogP contribution in [-0.2, 0) is 19.1 Å². The van der Waals surface area contributed by atoms with E-state index >= 15 is 0 Å². The number of amides is 1. The van der Waals surface area contributed by atoms with Crippen molar-refractivity contribution < 1.29 is 24.2 Å². The normalized spacial score (nSPS) is 6.88. The van der Waals surface area contributed by atoms with Crippen molar-refractivity contribution >= 4 is 17.8 Å². The minimum absolute atomic E-state index is 0.359. The lowest BCUT2D eigenvalue weighted by Gasteiger charge is -1.90. The molecule has 0 fully saturated rings. The highest BCUT2D eigenvalue weighted by Crippen LogP contribution is 1.74. The minimum Gasteiger partial charge on any atom is -0.478 e. The van der Waals surface area contributed by atoms with Gasteiger partial charge in [-0.25, -0.2) is 9.59 Å². The molecule has 1 amide bonds. The summed E-state index contributed by atoms with van der Waals surface area (Å²) in [5, 5.41) is 7.60. The summed E-state index contributed by atoms with van der Waals surface area (Å²) in [6, 6.07) is 0. The van der Waals surface area contributed by atoms with Gasteiger partial charge in [-0.15, -0.1) is 0 Å². The maximum atomic E-state index is 10.1. The van der Waals surface area contributed by atoms with Crippen LogP contribution in [0.3, 0.4) is 0 Å². The molecule has 0 atom stereocenters. The van der Waals surface area contributed by atoms with E-state index in [0.29, 0.717) is 6.61 Å². The molecule has 6 heteroatoms. The molecule has 0 heterocycles. The van der Waals surface area contributed by atoms with E-state index in [2.05, 4.69) is 30.2 Å². The smallest absolute Gasteiger partial charge is 0.330 e. The molecule has 0 rings (SSSR count). The predicted molar refractivity (Wildman–Crippen MR) is 64.1 cm³/mol. The van der Waals surface area contributed by atoms with Crippen LogP contribution in [0.1, 0.15) is 6.92 Å². The number of rotatable bonds is 4. The van der Waals surface area contributed by atoms with Gasteiger partial charge in [0.05, 0.1) is 6.61 Å². The van der Waals surface area contributed by atoms with Crippen molar-refractivity contribution in [1.82, 2.24) is 0 Å². The average Bonchev–Trinajstić information content (AvgIpc) is 2.30. The van der Waals surface area contributed by atoms with Crippen LogP contribution in [0.25, 0.3) is 0 Å². The van der Waals surface area contributed by atoms with Crippen molar-refractivity contribution in [1.29, 1.82) is 0 Å². The maximum absolute atomic E-state index is 10.1. The molecular weight excluding hydrogens is 226 g/mol. The molecule has 0 aliphatic heterocycles. The standard InChI is InChI=1S/C5H8O2.C3H5NO.C3H4O2/c1-3-5(6)7-4-2;2*1-2-3(4)5/h3H,1,4H2,2H3;2H,1H2,(H2,4,5);2H,1H2,(H,4,5). The summed E-state index contributed by atoms with van der Waals surface area (Å²) in [5.74, 6) is -1.82. The highest BCUT2D eigenvalue weighted by Gasteiger charge is 1.86. The summed E-state index contributed by atoms with van der Waals surface area (Å²) < 4.78 is 4.43. The Bertz CT molecular complexity index is 266. The van der Waals surface area contributed by atoms with Gasteiger partial charge in [-0.05, 0) is 13.0 Å². The first-order valence-electron chi connectivity index (χ1n) is 4.42. The summed E-state index contributed by atoms with van der Waals surface area (Å²) >= 11 is 0. The van der Waals surface area contributed by atoms with E-state index in [1.165, 1.54) is 0 Å². The summed E-state index contributed by atoms with van der Waals surface area (Å²) in [7, 11) is 0. The molecule has 0 saturated carbocycles. The van der Waals surface area contributed by atoms with Gasteiger partial charge < -0.3 is 15.6 Å². The number of carbonyl (C=O) groups excluding carboxylic acids is 2. The summed E-state index contributed by atoms with van der Waals surface area (Å²) in [6.07, 6.45) is 3.03. The molecule has 0 radical (unpaired) electrons. The molecule has 0 saturated heterocycles. The lowest BCUT2D eigenvalue weighted by Crippen LogP contribution is -2.04. The number of carboxylic acid groups (broad SMARTS) is 1. The fraction of sp³-hybridized carbons (Fsp3) is 0.182. The number of esters is 1. The van der Waals surface area contributed by atoms with Crippen LogP contribution in [0.2, 0.25) is 0 Å². The Balaban J connectivity index is -0.000000177. The fourth-order valence-electron chi connectivity index (χ4n) is 0.201. The van der Waals surface area contributed by atoms with E-state index in [0.717, 1.165) is 18.2 Å². The number of hydrogen-bond donors (Lipinski definition) is 2. The van der Waals surface area contributed by atoms with Crippen LogP contribution in [0.4, 0.5) is 0 Å². The second kappa shape index (κ2) is 16.1. The summed E-state index contributed by atoms with van der Waals surface area (Å²) in [5.41, 5.74) is 4.53. The van der Waals surface area contributed by atoms with Gasteiger partial charge in [0.15, 0.2) is 0 Å². The summed E-state index contributed by atoms with van der Waals surface area (Å²) in [6.45, 7) is 11.4. The zero-order valence-electron chi connectivity index (χ0n) is 9.72. The minimum atomic E-state index is -0.981. The van der Waals surface area contributed by atoms with E-state index < -0.39 is 11.9 Å². The third-order valence-corrected chi connectivity index (χ3v) is 0.829. The van der Waals surface area contributed by atoms with Gasteiger partial charge in [-0.1, -0.05) is 19.7 Å². The van der Waals surface area contributed by atoms with Crippen molar-refractivity contribution in [2.24, 2.45) is 5.73 Å². The molecule has 6 nitrogen and oxygen atoms in total. The highest BCUT2D eigenvalue weighted by atomic mass is 16.5. The van der Waals surface area contributed by atoms with Gasteiger partial charge >= 0.3 is 11.9 Å². The van der Waals surface area contributed by atoms with E-state index in [-0.39, 0.29) is 5.97 Å². The number of primary amides is 1. The third-order valence-electron chi connectivity index (χ3n) is 0.829. The first-order chi connectivity index (χ1) is 7.85. The zero-order valence-corrected chi connectivity index (χ0v) is 9.72. The van der Waals surface area contributed by atoms with E-state index in [9.17, 15) is 14.4 Å². The second-order valence-electron chi connectivity index (χ2n) is 2.11. The molecule has 0 bridgehead atoms. The van der Waals surface area contributed by atoms with Crippen LogP contribution in [0.5, 0.6) is 0 Å². The Labute approximate surface area is 100 Å². The van der Waals surface area contributed by atoms with Crippen LogP contribution >= 0.6 is 0 Å². The van der Waals surface area contributed by atoms with Gasteiger partial charge in [0, 0.05) is 12.2 Å². The molecule has 0 aromatic heterocycles. The Morgan fingerprint density at radius 3 is 1.59 bits per heavy atom. The van der Waals surface area contributed by atoms with Gasteiger partial charge in [0.1, 0.15) is 0 Å². The molecule has 0 aromatic carbocycles. The van der Waals surface area contributed by atoms with Crippen LogP contribution < -0.4 is 5.73 Å². The maximum Gasteiger partial charge on any atom is 0.330 e. The topological polar surface area (TPSA) is 107 Å². The van der Waals surface area contributed by atoms with Crippen molar-refractivity contribution in [2.45, 2.75) is 6.92 Å². The van der Waals surface area contributed by atoms with Crippen LogP contribution in [0, 0.1) is 0 Å². The molecule has 3 N–H and O–H groups in total. The van der Waals surface area contributed by atoms with Crippen LogP contribution in [0.15, 0.2) is 38.0 Å². The quantitative estimate of drug-likeness (QED) is 0.557. The first kappa shape index (κ1) is 20.1. The van der Waals surface area contributed by atoms with Crippen molar-refractivity contribution in [3.8, 4) is 0 Å². The molecule has 17 heavy (non-hydrogen) atoms. The Morgan fingerprint density at radius 1 is 1.18 bits per heavy atom. The van der Waals surface area contributed by atoms with E-state index in [1.54, 1.807) is 6.92 Å². The summed E-state index contributed by atoms with van der Waals surface area (Å²) in [4.78, 5) is 28.8. The number of nitrogens with two attached hydrogens (primary N) is 1. The van der Waals surface area contributed by atoms with Crippen molar-refractivity contribution in [2.75, 3.05) is 6.61 Å². The second-order valence-corrected chi connectivity index (χ2v) is 2.11. The molecule has 0 unspecified atom stereocenters. The van der Waals surface area contributed by atoms with E-state index in [4.69, 9.17) is 5.11 Å². The predicted octanol–water partition coefficient (Wildman–Crippen LogP) is 0.650. The Kier molecular flexibility index (Phi) is 19.0. The van der Waals surface area contributed by atoms with Gasteiger partial charge in [0.2, 0.25) is 5.91 Å². The van der Waals surface area contributed by atoms with Crippen molar-refractivity contribution in [3.05, 3.63) is 38.0 Å². The molecule has 0 aliphatic rings. The molecular formula is C11H17NO5. The third kappa shape index (κ3) is 41.9. The van der Waals surface area contributed by atoms with Crippen LogP contribution in [-0.4, -0.2) is 29.6 Å². The largest absolute Gasteiger partial charge is 0.478 e. The van der Waals surface area contributed by atoms with Gasteiger partial charge in [-0.3, -0.25) is 4.79 Å². The molecule has 0 aromatic rings. The fourth-order valence-corrected chi connectivity index (χ4v) is 0.201. The number of carbonyl (C=O) groups is 3. The molecule has 0 aliphatic carbocycles. The van der Waals surface area contributed by atoms with Crippen molar-refractivity contribution in [3.63, 3.8) is 0 Å². The highest BCUT2D eigenvalue weighted by molar-refractivity contribution is 5.85. The molecule has 0 spiro atoms. The van der Waals surface area contributed by atoms with Gasteiger partial charge in [0.25, 0.3) is 0 Å². The zero-order chi connectivity index (χ0) is 14.3. The SMILES string of the molecule is C=CC(=O)O.C=CC(=O)OCC.C=CC(N)=O. The average molecular weight is 243 g/mol. The number of ether oxygens (including phenoxy) is 1. The Hall–Kier alpha value is -2.37. The monoisotopic (exact) mass is 243 g/mol. The first-order valence-corrected chi connectivity index (χ1v) is 4.42. The lowest BCUT2D eigenvalue weighted by molar-refractivity contribution is -0.137. The number of carboxylic acids is 1. The van der Waals surface area contributed by atoms with Gasteiger partial charge in [-0.2, -0.15) is 0 Å². The van der Waals surface area contributed by atoms with E-state index in [1.807, 2.05) is 0 Å². The Morgan fingerprint density at radius 2 is 1.53 bits per heavy atom. The number of hydrogen-bond acceptors (Lipinski definition) is 4. The number of aliphatic carboxylic acids is 1. The molecule has 96 valence electrons. The lowest BCUT2D eigenvalue weighted by atomic mass is 10.6.